The smallest absolute Gasteiger partial charge is 0.203 e. The van der Waals surface area contributed by atoms with Crippen LogP contribution < -0.4 is 5.73 Å². The topological polar surface area (TPSA) is 43.1 Å². The molecule has 88 valence electrons. The third-order valence-corrected chi connectivity index (χ3v) is 4.81. The van der Waals surface area contributed by atoms with Crippen LogP contribution in [0.5, 0.6) is 0 Å². The maximum atomic E-state index is 12.2. The van der Waals surface area contributed by atoms with E-state index in [2.05, 4.69) is 15.9 Å². The largest absolute Gasteiger partial charge is 0.398 e. The summed E-state index contributed by atoms with van der Waals surface area (Å²) in [6, 6.07) is 6.76. The molecule has 0 saturated heterocycles. The Kier molecular flexibility index (Phi) is 3.56. The fourth-order valence-electron chi connectivity index (χ4n) is 1.38. The van der Waals surface area contributed by atoms with Crippen LogP contribution >= 0.6 is 38.9 Å². The van der Waals surface area contributed by atoms with Crippen LogP contribution in [0, 0.1) is 6.92 Å². The van der Waals surface area contributed by atoms with Crippen molar-refractivity contribution in [3.05, 3.63) is 49.1 Å². The van der Waals surface area contributed by atoms with Crippen LogP contribution in [0.25, 0.3) is 0 Å². The summed E-state index contributed by atoms with van der Waals surface area (Å²) in [5.74, 6) is -0.0364. The predicted molar refractivity (Wildman–Crippen MR) is 76.1 cm³/mol. The van der Waals surface area contributed by atoms with E-state index in [1.807, 2.05) is 13.0 Å². The van der Waals surface area contributed by atoms with Gasteiger partial charge in [-0.2, -0.15) is 0 Å². The molecule has 2 nitrogen and oxygen atoms in total. The molecule has 2 N–H and O–H groups in total. The number of aryl methyl sites for hydroxylation is 1. The van der Waals surface area contributed by atoms with Gasteiger partial charge in [-0.25, -0.2) is 0 Å². The van der Waals surface area contributed by atoms with Gasteiger partial charge in [0.1, 0.15) is 0 Å². The molecular weight excluding hydrogens is 322 g/mol. The second-order valence-corrected chi connectivity index (χ2v) is 6.10. The number of thiophene rings is 1. The second kappa shape index (κ2) is 4.80. The van der Waals surface area contributed by atoms with E-state index in [4.69, 9.17) is 17.3 Å². The van der Waals surface area contributed by atoms with Crippen LogP contribution in [-0.4, -0.2) is 5.78 Å². The van der Waals surface area contributed by atoms with E-state index in [1.54, 1.807) is 18.2 Å². The van der Waals surface area contributed by atoms with Gasteiger partial charge in [0.05, 0.1) is 15.6 Å². The molecule has 2 aromatic rings. The first-order valence-corrected chi connectivity index (χ1v) is 6.83. The van der Waals surface area contributed by atoms with Crippen molar-refractivity contribution in [3.63, 3.8) is 0 Å². The lowest BCUT2D eigenvalue weighted by Crippen LogP contribution is -1.99. The number of halogens is 2. The minimum Gasteiger partial charge on any atom is -0.398 e. The first-order chi connectivity index (χ1) is 7.99. The lowest BCUT2D eigenvalue weighted by molar-refractivity contribution is 0.104. The highest BCUT2D eigenvalue weighted by Crippen LogP contribution is 2.29. The van der Waals surface area contributed by atoms with Crippen LogP contribution in [0.3, 0.4) is 0 Å². The summed E-state index contributed by atoms with van der Waals surface area (Å²) < 4.78 is 0.951. The van der Waals surface area contributed by atoms with Gasteiger partial charge in [0, 0.05) is 14.9 Å². The average molecular weight is 331 g/mol. The van der Waals surface area contributed by atoms with E-state index in [9.17, 15) is 4.79 Å². The zero-order valence-corrected chi connectivity index (χ0v) is 12.1. The zero-order chi connectivity index (χ0) is 12.6. The van der Waals surface area contributed by atoms with Crippen molar-refractivity contribution in [2.45, 2.75) is 6.92 Å². The molecule has 5 heteroatoms. The SMILES string of the molecule is Cc1sc(C(=O)c2ccc(N)c(Cl)c2)cc1Br. The Morgan fingerprint density at radius 2 is 2.12 bits per heavy atom. The molecule has 0 unspecified atom stereocenters. The van der Waals surface area contributed by atoms with Crippen molar-refractivity contribution in [2.75, 3.05) is 5.73 Å². The Morgan fingerprint density at radius 1 is 1.41 bits per heavy atom. The summed E-state index contributed by atoms with van der Waals surface area (Å²) in [5, 5.41) is 0.406. The van der Waals surface area contributed by atoms with Crippen molar-refractivity contribution in [1.29, 1.82) is 0 Å². The van der Waals surface area contributed by atoms with E-state index >= 15 is 0 Å². The second-order valence-electron chi connectivity index (χ2n) is 3.58. The molecule has 0 aliphatic rings. The molecule has 1 aromatic carbocycles. The molecule has 0 saturated carbocycles. The van der Waals surface area contributed by atoms with Crippen LogP contribution in [0.1, 0.15) is 20.1 Å². The first-order valence-electron chi connectivity index (χ1n) is 4.84. The molecule has 0 aliphatic carbocycles. The minimum atomic E-state index is -0.0364. The summed E-state index contributed by atoms with van der Waals surface area (Å²) >= 11 is 10.8. The monoisotopic (exact) mass is 329 g/mol. The fraction of sp³-hybridized carbons (Fsp3) is 0.0833. The lowest BCUT2D eigenvalue weighted by Gasteiger charge is -2.01. The van der Waals surface area contributed by atoms with E-state index in [1.165, 1.54) is 11.3 Å². The summed E-state index contributed by atoms with van der Waals surface area (Å²) in [5.41, 5.74) is 6.64. The first kappa shape index (κ1) is 12.6. The fourth-order valence-corrected chi connectivity index (χ4v) is 3.06. The van der Waals surface area contributed by atoms with Crippen LogP contribution in [-0.2, 0) is 0 Å². The Hall–Kier alpha value is -0.840. The van der Waals surface area contributed by atoms with Gasteiger partial charge in [0.25, 0.3) is 0 Å². The molecule has 0 fully saturated rings. The standard InChI is InChI=1S/C12H9BrClNOS/c1-6-8(13)5-11(17-6)12(16)7-2-3-10(15)9(14)4-7/h2-5H,15H2,1H3. The molecule has 0 atom stereocenters. The number of nitrogen functional groups attached to an aromatic ring is 1. The summed E-state index contributed by atoms with van der Waals surface area (Å²) in [4.78, 5) is 13.9. The van der Waals surface area contributed by atoms with Crippen molar-refractivity contribution in [3.8, 4) is 0 Å². The van der Waals surface area contributed by atoms with Gasteiger partial charge in [-0.05, 0) is 47.1 Å². The number of benzene rings is 1. The van der Waals surface area contributed by atoms with Crippen molar-refractivity contribution in [1.82, 2.24) is 0 Å². The number of rotatable bonds is 2. The number of hydrogen-bond donors (Lipinski definition) is 1. The molecule has 1 aromatic heterocycles. The number of nitrogens with two attached hydrogens (primary N) is 1. The van der Waals surface area contributed by atoms with E-state index < -0.39 is 0 Å². The Balaban J connectivity index is 2.40. The Labute approximate surface area is 117 Å². The maximum absolute atomic E-state index is 12.2. The number of anilines is 1. The highest BCUT2D eigenvalue weighted by Gasteiger charge is 2.14. The number of carbonyl (C=O) groups excluding carboxylic acids is 1. The number of hydrogen-bond acceptors (Lipinski definition) is 3. The van der Waals surface area contributed by atoms with Gasteiger partial charge in [0.15, 0.2) is 0 Å². The molecule has 0 spiro atoms. The van der Waals surface area contributed by atoms with Crippen LogP contribution in [0.4, 0.5) is 5.69 Å². The van der Waals surface area contributed by atoms with E-state index in [-0.39, 0.29) is 5.78 Å². The van der Waals surface area contributed by atoms with Crippen LogP contribution in [0.15, 0.2) is 28.7 Å². The van der Waals surface area contributed by atoms with Gasteiger partial charge in [-0.3, -0.25) is 4.79 Å². The van der Waals surface area contributed by atoms with Gasteiger partial charge in [-0.15, -0.1) is 11.3 Å². The quantitative estimate of drug-likeness (QED) is 0.659. The van der Waals surface area contributed by atoms with Crippen molar-refractivity contribution in [2.24, 2.45) is 0 Å². The molecule has 0 bridgehead atoms. The molecule has 0 amide bonds. The highest BCUT2D eigenvalue weighted by atomic mass is 79.9. The normalized spacial score (nSPS) is 10.5. The average Bonchev–Trinajstić information content (AvgIpc) is 2.62. The van der Waals surface area contributed by atoms with E-state index in [0.29, 0.717) is 21.2 Å². The Morgan fingerprint density at radius 3 is 2.65 bits per heavy atom. The Bertz CT molecular complexity index is 575. The molecule has 2 rings (SSSR count). The van der Waals surface area contributed by atoms with Crippen LogP contribution in [0.2, 0.25) is 5.02 Å². The highest BCUT2D eigenvalue weighted by molar-refractivity contribution is 9.10. The number of ketones is 1. The van der Waals surface area contributed by atoms with Crippen molar-refractivity contribution >= 4 is 50.3 Å². The predicted octanol–water partition coefficient (Wildman–Crippen LogP) is 4.29. The summed E-state index contributed by atoms with van der Waals surface area (Å²) in [6.45, 7) is 1.96. The summed E-state index contributed by atoms with van der Waals surface area (Å²) in [6.07, 6.45) is 0. The van der Waals surface area contributed by atoms with Gasteiger partial charge in [-0.1, -0.05) is 11.6 Å². The molecule has 0 aliphatic heterocycles. The van der Waals surface area contributed by atoms with E-state index in [0.717, 1.165) is 9.35 Å². The third kappa shape index (κ3) is 2.54. The molecular formula is C12H9BrClNOS. The summed E-state index contributed by atoms with van der Waals surface area (Å²) in [7, 11) is 0. The van der Waals surface area contributed by atoms with Gasteiger partial charge >= 0.3 is 0 Å². The lowest BCUT2D eigenvalue weighted by atomic mass is 10.1. The van der Waals surface area contributed by atoms with Crippen molar-refractivity contribution < 1.29 is 4.79 Å². The maximum Gasteiger partial charge on any atom is 0.203 e. The minimum absolute atomic E-state index is 0.0364. The zero-order valence-electron chi connectivity index (χ0n) is 8.96. The third-order valence-electron chi connectivity index (χ3n) is 2.34. The molecule has 1 heterocycles. The number of carbonyl (C=O) groups is 1. The van der Waals surface area contributed by atoms with Gasteiger partial charge in [0.2, 0.25) is 5.78 Å². The molecule has 17 heavy (non-hydrogen) atoms. The van der Waals surface area contributed by atoms with Gasteiger partial charge < -0.3 is 5.73 Å². The molecule has 0 radical (unpaired) electrons.